The summed E-state index contributed by atoms with van der Waals surface area (Å²) < 4.78 is 13.6. The molecule has 0 saturated carbocycles. The van der Waals surface area contributed by atoms with Crippen LogP contribution in [0.5, 0.6) is 0 Å². The Labute approximate surface area is 178 Å². The summed E-state index contributed by atoms with van der Waals surface area (Å²) in [5.74, 6) is -3.26. The summed E-state index contributed by atoms with van der Waals surface area (Å²) in [4.78, 5) is 43.6. The van der Waals surface area contributed by atoms with Crippen LogP contribution in [-0.4, -0.2) is 45.4 Å². The molecule has 1 fully saturated rings. The predicted octanol–water partition coefficient (Wildman–Crippen LogP) is 0.739. The summed E-state index contributed by atoms with van der Waals surface area (Å²) in [6.45, 7) is 0.169. The van der Waals surface area contributed by atoms with Crippen molar-refractivity contribution in [1.82, 2.24) is 15.2 Å². The number of nitrogen functional groups attached to an aromatic ring is 1. The Morgan fingerprint density at radius 1 is 1.19 bits per heavy atom. The molecule has 0 radical (unpaired) electrons. The molecule has 1 saturated heterocycles. The zero-order valence-corrected chi connectivity index (χ0v) is 16.8. The normalized spacial score (nSPS) is 18.7. The number of carboxylic acids is 1. The molecular formula is C21H24FN5O4. The van der Waals surface area contributed by atoms with Crippen LogP contribution in [0.25, 0.3) is 0 Å². The minimum atomic E-state index is -2.13. The summed E-state index contributed by atoms with van der Waals surface area (Å²) in [6, 6.07) is 6.88. The van der Waals surface area contributed by atoms with Gasteiger partial charge in [-0.1, -0.05) is 24.6 Å². The first-order valence-electron chi connectivity index (χ1n) is 9.81. The van der Waals surface area contributed by atoms with Crippen LogP contribution in [0.3, 0.4) is 0 Å². The van der Waals surface area contributed by atoms with E-state index in [2.05, 4.69) is 10.3 Å². The van der Waals surface area contributed by atoms with E-state index in [0.29, 0.717) is 24.2 Å². The lowest BCUT2D eigenvalue weighted by Gasteiger charge is -2.45. The maximum Gasteiger partial charge on any atom is 0.320 e. The number of piperidine rings is 1. The van der Waals surface area contributed by atoms with Crippen molar-refractivity contribution in [2.45, 2.75) is 37.4 Å². The van der Waals surface area contributed by atoms with Crippen molar-refractivity contribution < 1.29 is 23.9 Å². The number of halogens is 1. The number of carbonyl (C=O) groups is 3. The number of nitrogens with zero attached hydrogens (tertiary/aromatic N) is 2. The fourth-order valence-electron chi connectivity index (χ4n) is 3.95. The molecule has 1 aliphatic rings. The molecule has 0 unspecified atom stereocenters. The van der Waals surface area contributed by atoms with E-state index >= 15 is 0 Å². The number of aliphatic carboxylic acids is 1. The van der Waals surface area contributed by atoms with Gasteiger partial charge in [0, 0.05) is 19.3 Å². The molecule has 1 aliphatic heterocycles. The first-order chi connectivity index (χ1) is 14.8. The standard InChI is InChI=1S/C21H24FN5O4/c22-15-7-5-14(6-8-15)21(19(24)30,27-10-2-1-3-16(27)18(28)29)20(31)26-12-13-4-9-17(23)25-11-13/h4-9,11,16H,1-3,10,12H2,(H2,23,25)(H2,24,30)(H,26,31)(H,28,29)/t16-,21+/m1/s1. The Balaban J connectivity index is 2.06. The van der Waals surface area contributed by atoms with E-state index in [4.69, 9.17) is 11.5 Å². The minimum absolute atomic E-state index is 0.00785. The monoisotopic (exact) mass is 429 g/mol. The number of carbonyl (C=O) groups excluding carboxylic acids is 2. The second kappa shape index (κ2) is 9.09. The molecule has 0 spiro atoms. The van der Waals surface area contributed by atoms with Crippen molar-refractivity contribution in [3.8, 4) is 0 Å². The van der Waals surface area contributed by atoms with Gasteiger partial charge in [-0.2, -0.15) is 0 Å². The van der Waals surface area contributed by atoms with Gasteiger partial charge < -0.3 is 21.9 Å². The number of hydrogen-bond acceptors (Lipinski definition) is 6. The van der Waals surface area contributed by atoms with E-state index in [9.17, 15) is 23.9 Å². The lowest BCUT2D eigenvalue weighted by atomic mass is 9.82. The molecule has 2 amide bonds. The molecule has 2 atom stereocenters. The fraction of sp³-hybridized carbons (Fsp3) is 0.333. The smallest absolute Gasteiger partial charge is 0.320 e. The zero-order chi connectivity index (χ0) is 22.6. The third kappa shape index (κ3) is 4.33. The largest absolute Gasteiger partial charge is 0.480 e. The fourth-order valence-corrected chi connectivity index (χ4v) is 3.95. The van der Waals surface area contributed by atoms with Crippen LogP contribution in [0.2, 0.25) is 0 Å². The topological polar surface area (TPSA) is 152 Å². The maximum absolute atomic E-state index is 13.6. The second-order valence-corrected chi connectivity index (χ2v) is 7.40. The van der Waals surface area contributed by atoms with Gasteiger partial charge in [-0.3, -0.25) is 19.3 Å². The van der Waals surface area contributed by atoms with Crippen LogP contribution in [-0.2, 0) is 26.5 Å². The molecule has 9 nitrogen and oxygen atoms in total. The van der Waals surface area contributed by atoms with Crippen LogP contribution < -0.4 is 16.8 Å². The lowest BCUT2D eigenvalue weighted by molar-refractivity contribution is -0.158. The number of hydrogen-bond donors (Lipinski definition) is 4. The Bertz CT molecular complexity index is 967. The Morgan fingerprint density at radius 3 is 2.48 bits per heavy atom. The number of nitrogens with two attached hydrogens (primary N) is 2. The molecule has 164 valence electrons. The lowest BCUT2D eigenvalue weighted by Crippen LogP contribution is -2.67. The number of aromatic nitrogens is 1. The number of anilines is 1. The molecule has 0 aliphatic carbocycles. The first-order valence-corrected chi connectivity index (χ1v) is 9.81. The van der Waals surface area contributed by atoms with Gasteiger partial charge >= 0.3 is 5.97 Å². The molecule has 3 rings (SSSR count). The van der Waals surface area contributed by atoms with E-state index in [0.717, 1.165) is 12.1 Å². The molecule has 0 bridgehead atoms. The number of nitrogens with one attached hydrogen (secondary N) is 1. The third-order valence-corrected chi connectivity index (χ3v) is 5.47. The van der Waals surface area contributed by atoms with Crippen molar-refractivity contribution >= 4 is 23.6 Å². The summed E-state index contributed by atoms with van der Waals surface area (Å²) in [5.41, 5.74) is 9.93. The molecule has 31 heavy (non-hydrogen) atoms. The molecular weight excluding hydrogens is 405 g/mol. The Kier molecular flexibility index (Phi) is 6.50. The van der Waals surface area contributed by atoms with Crippen molar-refractivity contribution in [3.63, 3.8) is 0 Å². The van der Waals surface area contributed by atoms with Gasteiger partial charge in [0.1, 0.15) is 17.7 Å². The number of amides is 2. The Hall–Kier alpha value is -3.53. The number of primary amides is 1. The highest BCUT2D eigenvalue weighted by atomic mass is 19.1. The number of carboxylic acid groups (broad SMARTS) is 1. The molecule has 2 aromatic rings. The second-order valence-electron chi connectivity index (χ2n) is 7.40. The minimum Gasteiger partial charge on any atom is -0.480 e. The van der Waals surface area contributed by atoms with Gasteiger partial charge in [0.25, 0.3) is 11.8 Å². The molecule has 10 heteroatoms. The van der Waals surface area contributed by atoms with Crippen LogP contribution in [0.15, 0.2) is 42.6 Å². The van der Waals surface area contributed by atoms with Gasteiger partial charge in [0.2, 0.25) is 5.54 Å². The molecule has 1 aromatic carbocycles. The number of likely N-dealkylation sites (tertiary alicyclic amines) is 1. The number of pyridine rings is 1. The van der Waals surface area contributed by atoms with Crippen molar-refractivity contribution in [1.29, 1.82) is 0 Å². The summed E-state index contributed by atoms with van der Waals surface area (Å²) in [7, 11) is 0. The number of rotatable bonds is 7. The summed E-state index contributed by atoms with van der Waals surface area (Å²) >= 11 is 0. The van der Waals surface area contributed by atoms with E-state index < -0.39 is 35.2 Å². The summed E-state index contributed by atoms with van der Waals surface area (Å²) in [6.07, 6.45) is 2.93. The van der Waals surface area contributed by atoms with E-state index in [1.807, 2.05) is 0 Å². The van der Waals surface area contributed by atoms with Gasteiger partial charge in [0.05, 0.1) is 0 Å². The van der Waals surface area contributed by atoms with Crippen LogP contribution >= 0.6 is 0 Å². The van der Waals surface area contributed by atoms with Crippen LogP contribution in [0, 0.1) is 5.82 Å². The SMILES string of the molecule is NC(=O)[C@](C(=O)NCc1ccc(N)nc1)(c1ccc(F)cc1)N1CCCC[C@@H]1C(=O)O. The average Bonchev–Trinajstić information content (AvgIpc) is 2.75. The van der Waals surface area contributed by atoms with Crippen molar-refractivity contribution in [2.75, 3.05) is 12.3 Å². The highest BCUT2D eigenvalue weighted by molar-refractivity contribution is 6.10. The van der Waals surface area contributed by atoms with Crippen molar-refractivity contribution in [3.05, 3.63) is 59.5 Å². The number of benzene rings is 1. The highest BCUT2D eigenvalue weighted by Crippen LogP contribution is 2.35. The zero-order valence-electron chi connectivity index (χ0n) is 16.8. The van der Waals surface area contributed by atoms with E-state index in [1.165, 1.54) is 23.2 Å². The molecule has 1 aromatic heterocycles. The Morgan fingerprint density at radius 2 is 1.90 bits per heavy atom. The highest BCUT2D eigenvalue weighted by Gasteiger charge is 2.55. The van der Waals surface area contributed by atoms with Crippen molar-refractivity contribution in [2.24, 2.45) is 5.73 Å². The third-order valence-electron chi connectivity index (χ3n) is 5.47. The molecule has 2 heterocycles. The average molecular weight is 429 g/mol. The summed E-state index contributed by atoms with van der Waals surface area (Å²) in [5, 5.41) is 12.4. The van der Waals surface area contributed by atoms with Crippen LogP contribution in [0.4, 0.5) is 10.2 Å². The van der Waals surface area contributed by atoms with E-state index in [1.54, 1.807) is 12.1 Å². The predicted molar refractivity (Wildman–Crippen MR) is 110 cm³/mol. The molecule has 6 N–H and O–H groups in total. The van der Waals surface area contributed by atoms with Gasteiger partial charge in [0.15, 0.2) is 0 Å². The van der Waals surface area contributed by atoms with Gasteiger partial charge in [-0.25, -0.2) is 9.37 Å². The van der Waals surface area contributed by atoms with E-state index in [-0.39, 0.29) is 25.1 Å². The maximum atomic E-state index is 13.6. The quantitative estimate of drug-likeness (QED) is 0.474. The first kappa shape index (κ1) is 22.2. The van der Waals surface area contributed by atoms with Crippen LogP contribution in [0.1, 0.15) is 30.4 Å². The van der Waals surface area contributed by atoms with Gasteiger partial charge in [-0.15, -0.1) is 0 Å². The van der Waals surface area contributed by atoms with Gasteiger partial charge in [-0.05, 0) is 42.2 Å².